The topological polar surface area (TPSA) is 64.7 Å². The number of carbonyl (C=O) groups excluding carboxylic acids is 2. The zero-order valence-corrected chi connectivity index (χ0v) is 13.4. The highest BCUT2D eigenvalue weighted by molar-refractivity contribution is 7.08. The van der Waals surface area contributed by atoms with E-state index in [-0.39, 0.29) is 11.9 Å². The molecule has 22 heavy (non-hydrogen) atoms. The molecule has 0 unspecified atom stereocenters. The molecule has 120 valence electrons. The first-order valence-corrected chi connectivity index (χ1v) is 8.31. The van der Waals surface area contributed by atoms with Crippen molar-refractivity contribution < 1.29 is 9.59 Å². The summed E-state index contributed by atoms with van der Waals surface area (Å²) in [4.78, 5) is 27.7. The van der Waals surface area contributed by atoms with E-state index in [4.69, 9.17) is 0 Å². The Bertz CT molecular complexity index is 496. The first-order valence-electron chi connectivity index (χ1n) is 7.37. The van der Waals surface area contributed by atoms with Gasteiger partial charge in [0.15, 0.2) is 0 Å². The first kappa shape index (κ1) is 16.5. The molecular formula is C15H22N4O2S. The average molecular weight is 322 g/mol. The third-order valence-electron chi connectivity index (χ3n) is 3.55. The number of rotatable bonds is 6. The van der Waals surface area contributed by atoms with E-state index in [9.17, 15) is 9.59 Å². The molecular weight excluding hydrogens is 300 g/mol. The molecule has 0 radical (unpaired) electrons. The molecule has 1 aromatic heterocycles. The molecule has 7 heteroatoms. The van der Waals surface area contributed by atoms with Crippen molar-refractivity contribution in [2.24, 2.45) is 0 Å². The summed E-state index contributed by atoms with van der Waals surface area (Å²) >= 11 is 1.54. The van der Waals surface area contributed by atoms with Crippen molar-refractivity contribution in [3.63, 3.8) is 0 Å². The smallest absolute Gasteiger partial charge is 0.315 e. The molecule has 3 amide bonds. The number of hydrogen-bond acceptors (Lipinski definition) is 4. The zero-order chi connectivity index (χ0) is 15.8. The summed E-state index contributed by atoms with van der Waals surface area (Å²) in [5, 5.41) is 9.28. The Kier molecular flexibility index (Phi) is 6.42. The molecule has 0 spiro atoms. The molecule has 1 aliphatic heterocycles. The lowest BCUT2D eigenvalue weighted by molar-refractivity contribution is 0.0640. The van der Waals surface area contributed by atoms with Gasteiger partial charge in [0, 0.05) is 51.2 Å². The maximum atomic E-state index is 12.2. The highest BCUT2D eigenvalue weighted by Gasteiger charge is 2.21. The van der Waals surface area contributed by atoms with Crippen LogP contribution in [0.4, 0.5) is 4.79 Å². The van der Waals surface area contributed by atoms with E-state index >= 15 is 0 Å². The van der Waals surface area contributed by atoms with E-state index in [0.29, 0.717) is 13.1 Å². The molecule has 0 bridgehead atoms. The number of carbonyl (C=O) groups is 2. The summed E-state index contributed by atoms with van der Waals surface area (Å²) in [6.07, 6.45) is 1.64. The highest BCUT2D eigenvalue weighted by Crippen LogP contribution is 2.11. The molecule has 0 atom stereocenters. The van der Waals surface area contributed by atoms with Gasteiger partial charge in [-0.2, -0.15) is 11.3 Å². The van der Waals surface area contributed by atoms with Crippen LogP contribution in [0.2, 0.25) is 0 Å². The number of urea groups is 1. The van der Waals surface area contributed by atoms with Crippen LogP contribution in [-0.4, -0.2) is 67.6 Å². The van der Waals surface area contributed by atoms with Crippen LogP contribution in [0.1, 0.15) is 10.4 Å². The third-order valence-corrected chi connectivity index (χ3v) is 4.23. The van der Waals surface area contributed by atoms with Gasteiger partial charge in [0.1, 0.15) is 0 Å². The lowest BCUT2D eigenvalue weighted by Gasteiger charge is -2.34. The highest BCUT2D eigenvalue weighted by atomic mass is 32.1. The summed E-state index contributed by atoms with van der Waals surface area (Å²) in [7, 11) is 0. The average Bonchev–Trinajstić information content (AvgIpc) is 3.07. The van der Waals surface area contributed by atoms with Crippen LogP contribution >= 0.6 is 11.3 Å². The standard InChI is InChI=1S/C15H22N4O2S/c1-2-4-16-15(21)17-5-6-18-7-9-19(10-8-18)14(20)13-3-11-22-12-13/h2-3,11-12H,1,4-10H2,(H2,16,17,21). The summed E-state index contributed by atoms with van der Waals surface area (Å²) in [6, 6.07) is 1.69. The van der Waals surface area contributed by atoms with Crippen molar-refractivity contribution >= 4 is 23.3 Å². The summed E-state index contributed by atoms with van der Waals surface area (Å²) in [5.41, 5.74) is 0.777. The molecule has 2 N–H and O–H groups in total. The minimum Gasteiger partial charge on any atom is -0.337 e. The monoisotopic (exact) mass is 322 g/mol. The van der Waals surface area contributed by atoms with E-state index in [1.54, 1.807) is 17.4 Å². The first-order chi connectivity index (χ1) is 10.7. The fraction of sp³-hybridized carbons (Fsp3) is 0.467. The fourth-order valence-corrected chi connectivity index (χ4v) is 2.93. The van der Waals surface area contributed by atoms with Crippen molar-refractivity contribution in [3.05, 3.63) is 35.0 Å². The predicted molar refractivity (Wildman–Crippen MR) is 88.3 cm³/mol. The number of piperazine rings is 1. The largest absolute Gasteiger partial charge is 0.337 e. The maximum Gasteiger partial charge on any atom is 0.315 e. The molecule has 0 saturated carbocycles. The van der Waals surface area contributed by atoms with Crippen molar-refractivity contribution in [1.82, 2.24) is 20.4 Å². The zero-order valence-electron chi connectivity index (χ0n) is 12.6. The Labute approximate surface area is 134 Å². The number of thiophene rings is 1. The van der Waals surface area contributed by atoms with Crippen LogP contribution < -0.4 is 10.6 Å². The fourth-order valence-electron chi connectivity index (χ4n) is 2.30. The van der Waals surface area contributed by atoms with Gasteiger partial charge in [-0.15, -0.1) is 6.58 Å². The molecule has 2 heterocycles. The Morgan fingerprint density at radius 2 is 2.05 bits per heavy atom. The molecule has 1 aromatic rings. The molecule has 0 aromatic carbocycles. The van der Waals surface area contributed by atoms with Gasteiger partial charge in [0.2, 0.25) is 0 Å². The van der Waals surface area contributed by atoms with Gasteiger partial charge in [-0.1, -0.05) is 6.08 Å². The second kappa shape index (κ2) is 8.55. The van der Waals surface area contributed by atoms with Crippen LogP contribution in [0, 0.1) is 0 Å². The van der Waals surface area contributed by atoms with Gasteiger partial charge in [-0.05, 0) is 11.4 Å². The lowest BCUT2D eigenvalue weighted by Crippen LogP contribution is -2.50. The number of nitrogens with one attached hydrogen (secondary N) is 2. The molecule has 0 aliphatic carbocycles. The molecule has 1 aliphatic rings. The number of hydrogen-bond donors (Lipinski definition) is 2. The summed E-state index contributed by atoms with van der Waals surface area (Å²) < 4.78 is 0. The summed E-state index contributed by atoms with van der Waals surface area (Å²) in [6.45, 7) is 8.55. The quantitative estimate of drug-likeness (QED) is 0.768. The van der Waals surface area contributed by atoms with Crippen molar-refractivity contribution in [3.8, 4) is 0 Å². The second-order valence-corrected chi connectivity index (χ2v) is 5.85. The molecule has 2 rings (SSSR count). The van der Waals surface area contributed by atoms with Crippen LogP contribution in [0.25, 0.3) is 0 Å². The van der Waals surface area contributed by atoms with E-state index in [1.807, 2.05) is 21.7 Å². The van der Waals surface area contributed by atoms with E-state index in [0.717, 1.165) is 38.3 Å². The van der Waals surface area contributed by atoms with Crippen LogP contribution in [-0.2, 0) is 0 Å². The maximum absolute atomic E-state index is 12.2. The Balaban J connectivity index is 1.64. The van der Waals surface area contributed by atoms with Gasteiger partial charge in [-0.25, -0.2) is 4.79 Å². The predicted octanol–water partition coefficient (Wildman–Crippen LogP) is 0.991. The van der Waals surface area contributed by atoms with Crippen molar-refractivity contribution in [2.75, 3.05) is 45.8 Å². The number of nitrogens with zero attached hydrogens (tertiary/aromatic N) is 2. The van der Waals surface area contributed by atoms with Gasteiger partial charge >= 0.3 is 6.03 Å². The third kappa shape index (κ3) is 4.85. The van der Waals surface area contributed by atoms with E-state index < -0.39 is 0 Å². The van der Waals surface area contributed by atoms with Gasteiger partial charge in [-0.3, -0.25) is 9.69 Å². The van der Waals surface area contributed by atoms with Crippen molar-refractivity contribution in [2.45, 2.75) is 0 Å². The van der Waals surface area contributed by atoms with E-state index in [1.165, 1.54) is 0 Å². The second-order valence-electron chi connectivity index (χ2n) is 5.07. The summed E-state index contributed by atoms with van der Waals surface area (Å²) in [5.74, 6) is 0.114. The van der Waals surface area contributed by atoms with Crippen LogP contribution in [0.5, 0.6) is 0 Å². The molecule has 6 nitrogen and oxygen atoms in total. The number of amides is 3. The van der Waals surface area contributed by atoms with Gasteiger partial charge in [0.05, 0.1) is 5.56 Å². The Morgan fingerprint density at radius 3 is 2.68 bits per heavy atom. The van der Waals surface area contributed by atoms with Crippen molar-refractivity contribution in [1.29, 1.82) is 0 Å². The van der Waals surface area contributed by atoms with Gasteiger partial charge in [0.25, 0.3) is 5.91 Å². The molecule has 1 fully saturated rings. The molecule has 1 saturated heterocycles. The SMILES string of the molecule is C=CCNC(=O)NCCN1CCN(C(=O)c2ccsc2)CC1. The lowest BCUT2D eigenvalue weighted by atomic mass is 10.2. The van der Waals surface area contributed by atoms with Gasteiger partial charge < -0.3 is 15.5 Å². The van der Waals surface area contributed by atoms with E-state index in [2.05, 4.69) is 22.1 Å². The minimum absolute atomic E-state index is 0.114. The minimum atomic E-state index is -0.175. The van der Waals surface area contributed by atoms with Crippen LogP contribution in [0.15, 0.2) is 29.5 Å². The Morgan fingerprint density at radius 1 is 1.27 bits per heavy atom. The normalized spacial score (nSPS) is 15.4. The van der Waals surface area contributed by atoms with Crippen LogP contribution in [0.3, 0.4) is 0 Å². The Hall–Kier alpha value is -1.86.